The van der Waals surface area contributed by atoms with E-state index in [9.17, 15) is 20.1 Å². The lowest BCUT2D eigenvalue weighted by molar-refractivity contribution is -0.331. The average Bonchev–Trinajstić information content (AvgIpc) is 2.52. The number of hydrogen-bond acceptors (Lipinski definition) is 8. The summed E-state index contributed by atoms with van der Waals surface area (Å²) in [5, 5.41) is 29.5. The van der Waals surface area contributed by atoms with E-state index in [1.165, 1.54) is 0 Å². The minimum atomic E-state index is -1.61. The summed E-state index contributed by atoms with van der Waals surface area (Å²) in [4.78, 5) is 11.6. The molecule has 1 aliphatic heterocycles. The Morgan fingerprint density at radius 3 is 2.55 bits per heavy atom. The highest BCUT2D eigenvalue weighted by atomic mass is 16.8. The zero-order chi connectivity index (χ0) is 16.7. The van der Waals surface area contributed by atoms with Crippen LogP contribution >= 0.6 is 0 Å². The van der Waals surface area contributed by atoms with Crippen LogP contribution in [0.1, 0.15) is 19.8 Å². The second-order valence-electron chi connectivity index (χ2n) is 4.81. The molecule has 6 atom stereocenters. The van der Waals surface area contributed by atoms with Gasteiger partial charge in [-0.1, -0.05) is 6.08 Å². The Kier molecular flexibility index (Phi) is 7.94. The van der Waals surface area contributed by atoms with Crippen molar-refractivity contribution < 1.29 is 39.1 Å². The fourth-order valence-corrected chi connectivity index (χ4v) is 2.05. The number of methoxy groups -OCH3 is 1. The van der Waals surface area contributed by atoms with Gasteiger partial charge in [-0.15, -0.1) is 6.58 Å². The summed E-state index contributed by atoms with van der Waals surface area (Å²) in [6.45, 7) is 5.74. The molecule has 0 amide bonds. The van der Waals surface area contributed by atoms with Crippen molar-refractivity contribution in [2.24, 2.45) is 0 Å². The van der Waals surface area contributed by atoms with E-state index in [2.05, 4.69) is 11.3 Å². The molecule has 1 fully saturated rings. The van der Waals surface area contributed by atoms with Crippen LogP contribution in [0.5, 0.6) is 0 Å². The van der Waals surface area contributed by atoms with E-state index in [0.29, 0.717) is 19.4 Å². The highest BCUT2D eigenvalue weighted by Gasteiger charge is 2.48. The van der Waals surface area contributed by atoms with E-state index in [1.807, 2.05) is 0 Å². The van der Waals surface area contributed by atoms with Gasteiger partial charge in [-0.25, -0.2) is 4.79 Å². The molecule has 0 saturated carbocycles. The van der Waals surface area contributed by atoms with Crippen molar-refractivity contribution >= 4 is 5.97 Å². The molecule has 1 saturated heterocycles. The molecule has 1 rings (SSSR count). The highest BCUT2D eigenvalue weighted by molar-refractivity contribution is 5.75. The standard InChI is InChI=1S/C14H24O8/c1-4-6-7-8(20-5-2)21-14-11(17)9(15)10(16)12(22-14)13(18)19-3/h4,8-12,14-17H,1,5-7H2,2-3H3/t8-,9-,10-,11+,12-,14+/m0/s1. The van der Waals surface area contributed by atoms with Crippen LogP contribution < -0.4 is 0 Å². The molecule has 22 heavy (non-hydrogen) atoms. The van der Waals surface area contributed by atoms with Crippen molar-refractivity contribution in [1.29, 1.82) is 0 Å². The number of aliphatic hydroxyl groups is 3. The molecule has 0 unspecified atom stereocenters. The quantitative estimate of drug-likeness (QED) is 0.306. The van der Waals surface area contributed by atoms with Crippen molar-refractivity contribution in [2.75, 3.05) is 13.7 Å². The summed E-state index contributed by atoms with van der Waals surface area (Å²) in [7, 11) is 1.12. The first-order chi connectivity index (χ1) is 10.5. The lowest BCUT2D eigenvalue weighted by Gasteiger charge is -2.40. The van der Waals surface area contributed by atoms with Gasteiger partial charge >= 0.3 is 5.97 Å². The number of hydrogen-bond donors (Lipinski definition) is 3. The van der Waals surface area contributed by atoms with Gasteiger partial charge in [-0.05, 0) is 13.3 Å². The van der Waals surface area contributed by atoms with E-state index in [4.69, 9.17) is 14.2 Å². The number of carbonyl (C=O) groups excluding carboxylic acids is 1. The van der Waals surface area contributed by atoms with Crippen molar-refractivity contribution in [2.45, 2.75) is 56.8 Å². The number of carbonyl (C=O) groups is 1. The molecule has 0 aromatic rings. The number of aliphatic hydroxyl groups excluding tert-OH is 3. The average molecular weight is 320 g/mol. The third-order valence-corrected chi connectivity index (χ3v) is 3.25. The van der Waals surface area contributed by atoms with Crippen molar-refractivity contribution in [3.63, 3.8) is 0 Å². The number of esters is 1. The topological polar surface area (TPSA) is 115 Å². The Balaban J connectivity index is 2.77. The van der Waals surface area contributed by atoms with E-state index in [0.717, 1.165) is 7.11 Å². The minimum Gasteiger partial charge on any atom is -0.467 e. The first-order valence-corrected chi connectivity index (χ1v) is 7.11. The molecule has 0 spiro atoms. The minimum absolute atomic E-state index is 0.371. The maximum atomic E-state index is 11.6. The van der Waals surface area contributed by atoms with Gasteiger partial charge in [0.25, 0.3) is 0 Å². The summed E-state index contributed by atoms with van der Waals surface area (Å²) in [5.41, 5.74) is 0. The molecule has 8 nitrogen and oxygen atoms in total. The van der Waals surface area contributed by atoms with Crippen LogP contribution in [0, 0.1) is 0 Å². The van der Waals surface area contributed by atoms with Gasteiger partial charge in [0.05, 0.1) is 7.11 Å². The summed E-state index contributed by atoms with van der Waals surface area (Å²) in [6, 6.07) is 0. The molecule has 0 aliphatic carbocycles. The predicted molar refractivity (Wildman–Crippen MR) is 74.6 cm³/mol. The Hall–Kier alpha value is -1.03. The lowest BCUT2D eigenvalue weighted by Crippen LogP contribution is -2.61. The molecule has 0 bridgehead atoms. The Morgan fingerprint density at radius 1 is 1.32 bits per heavy atom. The lowest BCUT2D eigenvalue weighted by atomic mass is 9.99. The third-order valence-electron chi connectivity index (χ3n) is 3.25. The second kappa shape index (κ2) is 9.19. The fourth-order valence-electron chi connectivity index (χ4n) is 2.05. The first-order valence-electron chi connectivity index (χ1n) is 7.11. The van der Waals surface area contributed by atoms with Crippen molar-refractivity contribution in [3.8, 4) is 0 Å². The molecule has 1 aliphatic rings. The maximum absolute atomic E-state index is 11.6. The molecular weight excluding hydrogens is 296 g/mol. The summed E-state index contributed by atoms with van der Waals surface area (Å²) >= 11 is 0. The summed E-state index contributed by atoms with van der Waals surface area (Å²) < 4.78 is 20.5. The number of rotatable bonds is 8. The molecule has 3 N–H and O–H groups in total. The van der Waals surface area contributed by atoms with Crippen LogP contribution in [0.15, 0.2) is 12.7 Å². The monoisotopic (exact) mass is 320 g/mol. The van der Waals surface area contributed by atoms with Gasteiger partial charge < -0.3 is 34.3 Å². The van der Waals surface area contributed by atoms with Crippen LogP contribution in [0.4, 0.5) is 0 Å². The summed E-state index contributed by atoms with van der Waals surface area (Å²) in [5.74, 6) is -0.869. The zero-order valence-electron chi connectivity index (χ0n) is 12.8. The van der Waals surface area contributed by atoms with Crippen LogP contribution in [-0.4, -0.2) is 72.0 Å². The third kappa shape index (κ3) is 4.73. The molecular formula is C14H24O8. The van der Waals surface area contributed by atoms with Gasteiger partial charge in [-0.3, -0.25) is 0 Å². The van der Waals surface area contributed by atoms with Crippen molar-refractivity contribution in [1.82, 2.24) is 0 Å². The van der Waals surface area contributed by atoms with Crippen molar-refractivity contribution in [3.05, 3.63) is 12.7 Å². The second-order valence-corrected chi connectivity index (χ2v) is 4.81. The first kappa shape index (κ1) is 19.0. The normalized spacial score (nSPS) is 33.2. The van der Waals surface area contributed by atoms with E-state index >= 15 is 0 Å². The Labute approximate surface area is 129 Å². The zero-order valence-corrected chi connectivity index (χ0v) is 12.8. The highest BCUT2D eigenvalue weighted by Crippen LogP contribution is 2.25. The van der Waals surface area contributed by atoms with Gasteiger partial charge in [0.15, 0.2) is 18.7 Å². The van der Waals surface area contributed by atoms with Crippen LogP contribution in [0.25, 0.3) is 0 Å². The maximum Gasteiger partial charge on any atom is 0.337 e. The number of allylic oxidation sites excluding steroid dienone is 1. The molecule has 0 aromatic carbocycles. The summed E-state index contributed by atoms with van der Waals surface area (Å²) in [6.07, 6.45) is -5.47. The molecule has 0 aromatic heterocycles. The van der Waals surface area contributed by atoms with Crippen LogP contribution in [0.2, 0.25) is 0 Å². The van der Waals surface area contributed by atoms with E-state index in [-0.39, 0.29) is 0 Å². The number of ether oxygens (including phenoxy) is 4. The predicted octanol–water partition coefficient (Wildman–Crippen LogP) is -0.688. The SMILES string of the molecule is C=CCC[C@@H](OCC)O[C@@H]1O[C@H](C(=O)OC)[C@@H](O)[C@H](O)[C@H]1O. The van der Waals surface area contributed by atoms with Gasteiger partial charge in [0.2, 0.25) is 0 Å². The molecule has 128 valence electrons. The van der Waals surface area contributed by atoms with E-state index < -0.39 is 43.0 Å². The fraction of sp³-hybridized carbons (Fsp3) is 0.786. The van der Waals surface area contributed by atoms with Gasteiger partial charge in [0.1, 0.15) is 18.3 Å². The molecule has 8 heteroatoms. The molecule has 1 heterocycles. The smallest absolute Gasteiger partial charge is 0.337 e. The van der Waals surface area contributed by atoms with Crippen LogP contribution in [0.3, 0.4) is 0 Å². The van der Waals surface area contributed by atoms with Gasteiger partial charge in [0, 0.05) is 13.0 Å². The van der Waals surface area contributed by atoms with Crippen LogP contribution in [-0.2, 0) is 23.7 Å². The Morgan fingerprint density at radius 2 is 2.00 bits per heavy atom. The van der Waals surface area contributed by atoms with Gasteiger partial charge in [-0.2, -0.15) is 0 Å². The van der Waals surface area contributed by atoms with E-state index in [1.54, 1.807) is 13.0 Å². The largest absolute Gasteiger partial charge is 0.467 e. The molecule has 0 radical (unpaired) electrons. The Bertz CT molecular complexity index is 361.